The fourth-order valence-electron chi connectivity index (χ4n) is 2.18. The van der Waals surface area contributed by atoms with Crippen LogP contribution in [0.2, 0.25) is 0 Å². The highest BCUT2D eigenvalue weighted by atomic mass is 16.5. The van der Waals surface area contributed by atoms with E-state index in [1.54, 1.807) is 0 Å². The molecule has 0 radical (unpaired) electrons. The number of hydrogen-bond acceptors (Lipinski definition) is 2. The molecule has 0 spiro atoms. The van der Waals surface area contributed by atoms with Crippen LogP contribution in [0.25, 0.3) is 0 Å². The molecule has 0 unspecified atom stereocenters. The zero-order chi connectivity index (χ0) is 11.5. The summed E-state index contributed by atoms with van der Waals surface area (Å²) in [5, 5.41) is 9.24. The van der Waals surface area contributed by atoms with Crippen molar-refractivity contribution >= 4 is 5.97 Å². The van der Waals surface area contributed by atoms with E-state index in [0.29, 0.717) is 13.0 Å². The van der Waals surface area contributed by atoms with Crippen molar-refractivity contribution in [3.05, 3.63) is 0 Å². The van der Waals surface area contributed by atoms with E-state index in [0.717, 1.165) is 25.7 Å². The van der Waals surface area contributed by atoms with Crippen LogP contribution in [0.4, 0.5) is 0 Å². The van der Waals surface area contributed by atoms with E-state index in [1.807, 2.05) is 20.8 Å². The highest BCUT2D eigenvalue weighted by Gasteiger charge is 2.40. The maximum Gasteiger partial charge on any atom is 0.309 e. The average Bonchev–Trinajstić information content (AvgIpc) is 2.51. The van der Waals surface area contributed by atoms with Gasteiger partial charge in [-0.25, -0.2) is 0 Å². The van der Waals surface area contributed by atoms with Gasteiger partial charge in [-0.3, -0.25) is 4.79 Å². The van der Waals surface area contributed by atoms with Gasteiger partial charge >= 0.3 is 5.97 Å². The maximum absolute atomic E-state index is 11.2. The van der Waals surface area contributed by atoms with Crippen LogP contribution in [0.3, 0.4) is 0 Å². The molecular formula is C12H22O3. The SMILES string of the molecule is CC(C)(C)OCCC1(C(=O)O)CCCC1. The molecule has 0 aromatic heterocycles. The summed E-state index contributed by atoms with van der Waals surface area (Å²) < 4.78 is 5.60. The lowest BCUT2D eigenvalue weighted by Gasteiger charge is -2.26. The third kappa shape index (κ3) is 3.49. The van der Waals surface area contributed by atoms with Crippen LogP contribution in [0.5, 0.6) is 0 Å². The normalized spacial score (nSPS) is 20.5. The van der Waals surface area contributed by atoms with Crippen molar-refractivity contribution in [2.45, 2.75) is 58.5 Å². The predicted octanol–water partition coefficient (Wildman–Crippen LogP) is 2.84. The first kappa shape index (κ1) is 12.5. The van der Waals surface area contributed by atoms with E-state index in [9.17, 15) is 9.90 Å². The molecule has 3 heteroatoms. The van der Waals surface area contributed by atoms with Crippen molar-refractivity contribution < 1.29 is 14.6 Å². The van der Waals surface area contributed by atoms with Crippen molar-refractivity contribution in [3.8, 4) is 0 Å². The van der Waals surface area contributed by atoms with Gasteiger partial charge in [0.05, 0.1) is 11.0 Å². The highest BCUT2D eigenvalue weighted by Crippen LogP contribution is 2.41. The van der Waals surface area contributed by atoms with Gasteiger partial charge in [0, 0.05) is 6.61 Å². The van der Waals surface area contributed by atoms with E-state index in [2.05, 4.69) is 0 Å². The van der Waals surface area contributed by atoms with Gasteiger partial charge in [-0.1, -0.05) is 12.8 Å². The first-order chi connectivity index (χ1) is 6.86. The molecule has 1 fully saturated rings. The fourth-order valence-corrected chi connectivity index (χ4v) is 2.18. The van der Waals surface area contributed by atoms with Gasteiger partial charge < -0.3 is 9.84 Å². The Kier molecular flexibility index (Phi) is 3.77. The Morgan fingerprint density at radius 2 is 1.87 bits per heavy atom. The molecule has 0 aliphatic heterocycles. The minimum atomic E-state index is -0.641. The molecule has 1 aliphatic carbocycles. The third-order valence-electron chi connectivity index (χ3n) is 3.13. The molecule has 1 aliphatic rings. The number of ether oxygens (including phenoxy) is 1. The molecule has 0 saturated heterocycles. The Bertz CT molecular complexity index is 222. The second-order valence-electron chi connectivity index (χ2n) is 5.50. The standard InChI is InChI=1S/C12H22O3/c1-11(2,3)15-9-8-12(10(13)14)6-4-5-7-12/h4-9H2,1-3H3,(H,13,14). The van der Waals surface area contributed by atoms with Crippen molar-refractivity contribution in [1.29, 1.82) is 0 Å². The van der Waals surface area contributed by atoms with Crippen LogP contribution >= 0.6 is 0 Å². The van der Waals surface area contributed by atoms with Crippen LogP contribution in [-0.2, 0) is 9.53 Å². The number of hydrogen-bond donors (Lipinski definition) is 1. The van der Waals surface area contributed by atoms with Gasteiger partial charge in [0.2, 0.25) is 0 Å². The van der Waals surface area contributed by atoms with Gasteiger partial charge in [-0.2, -0.15) is 0 Å². The Labute approximate surface area is 91.8 Å². The molecule has 0 bridgehead atoms. The molecule has 0 atom stereocenters. The summed E-state index contributed by atoms with van der Waals surface area (Å²) in [5.74, 6) is -0.641. The van der Waals surface area contributed by atoms with Gasteiger partial charge in [0.1, 0.15) is 0 Å². The molecule has 1 N–H and O–H groups in total. The Balaban J connectivity index is 2.43. The first-order valence-corrected chi connectivity index (χ1v) is 5.73. The molecule has 0 heterocycles. The molecule has 0 aromatic carbocycles. The summed E-state index contributed by atoms with van der Waals surface area (Å²) >= 11 is 0. The van der Waals surface area contributed by atoms with E-state index in [4.69, 9.17) is 4.74 Å². The monoisotopic (exact) mass is 214 g/mol. The Morgan fingerprint density at radius 1 is 1.33 bits per heavy atom. The van der Waals surface area contributed by atoms with Crippen molar-refractivity contribution in [2.75, 3.05) is 6.61 Å². The predicted molar refractivity (Wildman–Crippen MR) is 58.9 cm³/mol. The quantitative estimate of drug-likeness (QED) is 0.782. The van der Waals surface area contributed by atoms with Gasteiger partial charge in [-0.05, 0) is 40.0 Å². The Hall–Kier alpha value is -0.570. The number of carbonyl (C=O) groups is 1. The molecule has 88 valence electrons. The second kappa shape index (κ2) is 4.52. The summed E-state index contributed by atoms with van der Waals surface area (Å²) in [6.07, 6.45) is 4.37. The zero-order valence-electron chi connectivity index (χ0n) is 10.0. The van der Waals surface area contributed by atoms with E-state index in [1.165, 1.54) is 0 Å². The molecule has 1 rings (SSSR count). The van der Waals surface area contributed by atoms with E-state index >= 15 is 0 Å². The second-order valence-corrected chi connectivity index (χ2v) is 5.50. The van der Waals surface area contributed by atoms with Crippen LogP contribution in [0, 0.1) is 5.41 Å². The number of aliphatic carboxylic acids is 1. The van der Waals surface area contributed by atoms with Crippen LogP contribution in [0.1, 0.15) is 52.9 Å². The molecule has 1 saturated carbocycles. The smallest absolute Gasteiger partial charge is 0.309 e. The van der Waals surface area contributed by atoms with E-state index in [-0.39, 0.29) is 5.60 Å². The molecular weight excluding hydrogens is 192 g/mol. The lowest BCUT2D eigenvalue weighted by atomic mass is 9.83. The maximum atomic E-state index is 11.2. The summed E-state index contributed by atoms with van der Waals surface area (Å²) in [4.78, 5) is 11.2. The van der Waals surface area contributed by atoms with Gasteiger partial charge in [-0.15, -0.1) is 0 Å². The number of carboxylic acids is 1. The summed E-state index contributed by atoms with van der Waals surface area (Å²) in [6.45, 7) is 6.54. The molecule has 3 nitrogen and oxygen atoms in total. The third-order valence-corrected chi connectivity index (χ3v) is 3.13. The van der Waals surface area contributed by atoms with Crippen molar-refractivity contribution in [3.63, 3.8) is 0 Å². The Morgan fingerprint density at radius 3 is 2.27 bits per heavy atom. The molecule has 0 amide bonds. The number of rotatable bonds is 4. The molecule has 15 heavy (non-hydrogen) atoms. The average molecular weight is 214 g/mol. The lowest BCUT2D eigenvalue weighted by Crippen LogP contribution is -2.31. The zero-order valence-corrected chi connectivity index (χ0v) is 10.0. The minimum absolute atomic E-state index is 0.168. The fraction of sp³-hybridized carbons (Fsp3) is 0.917. The lowest BCUT2D eigenvalue weighted by molar-refractivity contribution is -0.150. The van der Waals surface area contributed by atoms with E-state index < -0.39 is 11.4 Å². The largest absolute Gasteiger partial charge is 0.481 e. The molecule has 0 aromatic rings. The summed E-state index contributed by atoms with van der Waals surface area (Å²) in [5.41, 5.74) is -0.663. The highest BCUT2D eigenvalue weighted by molar-refractivity contribution is 5.74. The summed E-state index contributed by atoms with van der Waals surface area (Å²) in [6, 6.07) is 0. The van der Waals surface area contributed by atoms with Crippen LogP contribution in [0.15, 0.2) is 0 Å². The topological polar surface area (TPSA) is 46.5 Å². The van der Waals surface area contributed by atoms with Crippen LogP contribution in [-0.4, -0.2) is 23.3 Å². The summed E-state index contributed by atoms with van der Waals surface area (Å²) in [7, 11) is 0. The van der Waals surface area contributed by atoms with Gasteiger partial charge in [0.25, 0.3) is 0 Å². The first-order valence-electron chi connectivity index (χ1n) is 5.73. The van der Waals surface area contributed by atoms with Crippen molar-refractivity contribution in [2.24, 2.45) is 5.41 Å². The van der Waals surface area contributed by atoms with Crippen molar-refractivity contribution in [1.82, 2.24) is 0 Å². The number of carboxylic acid groups (broad SMARTS) is 1. The van der Waals surface area contributed by atoms with Crippen LogP contribution < -0.4 is 0 Å². The van der Waals surface area contributed by atoms with Gasteiger partial charge in [0.15, 0.2) is 0 Å². The minimum Gasteiger partial charge on any atom is -0.481 e.